The molecule has 1 N–H and O–H groups in total. The molecule has 62 valence electrons. The van der Waals surface area contributed by atoms with Crippen LogP contribution < -0.4 is 0 Å². The Labute approximate surface area is 70.4 Å². The van der Waals surface area contributed by atoms with E-state index >= 15 is 0 Å². The zero-order valence-electron chi connectivity index (χ0n) is 5.36. The van der Waals surface area contributed by atoms with Gasteiger partial charge in [0.05, 0.1) is 16.1 Å². The van der Waals surface area contributed by atoms with Crippen molar-refractivity contribution in [2.24, 2.45) is 5.34 Å². The van der Waals surface area contributed by atoms with Gasteiger partial charge in [-0.25, -0.2) is 3.93 Å². The van der Waals surface area contributed by atoms with Crippen LogP contribution in [0.15, 0.2) is 5.34 Å². The summed E-state index contributed by atoms with van der Waals surface area (Å²) in [5.74, 6) is -0.287. The molecule has 0 aromatic carbocycles. The predicted octanol–water partition coefficient (Wildman–Crippen LogP) is 0.587. The molecule has 1 fully saturated rings. The molecule has 0 bridgehead atoms. The molecule has 11 heavy (non-hydrogen) atoms. The molecule has 6 nitrogen and oxygen atoms in total. The maximum Gasteiger partial charge on any atom is 0.239 e. The van der Waals surface area contributed by atoms with Gasteiger partial charge in [-0.3, -0.25) is 9.59 Å². The summed E-state index contributed by atoms with van der Waals surface area (Å²) in [7, 11) is 0. The van der Waals surface area contributed by atoms with Crippen LogP contribution in [-0.2, 0) is 9.59 Å². The lowest BCUT2D eigenvalue weighted by atomic mass is 10.4. The van der Waals surface area contributed by atoms with Crippen LogP contribution in [0.5, 0.6) is 0 Å². The summed E-state index contributed by atoms with van der Waals surface area (Å²) in [4.78, 5) is 29.0. The molecule has 1 rings (SSSR count). The largest absolute Gasteiger partial charge is 0.379 e. The lowest BCUT2D eigenvalue weighted by molar-refractivity contribution is -0.131. The van der Waals surface area contributed by atoms with Gasteiger partial charge in [0.2, 0.25) is 11.8 Å². The third-order valence-corrected chi connectivity index (χ3v) is 1.78. The van der Waals surface area contributed by atoms with Crippen molar-refractivity contribution in [2.75, 3.05) is 0 Å². The molecule has 0 saturated carbocycles. The van der Waals surface area contributed by atoms with Crippen LogP contribution in [0, 0.1) is 4.91 Å². The number of hydrogen-bond donors (Lipinski definition) is 1. The Morgan fingerprint density at radius 2 is 1.64 bits per heavy atom. The number of amides is 2. The molecule has 1 aliphatic rings. The van der Waals surface area contributed by atoms with Crippen molar-refractivity contribution in [3.05, 3.63) is 4.91 Å². The highest BCUT2D eigenvalue weighted by atomic mass is 79.9. The molecule has 0 aromatic heterocycles. The van der Waals surface area contributed by atoms with Crippen LogP contribution in [0.25, 0.3) is 0 Å². The van der Waals surface area contributed by atoms with Gasteiger partial charge in [-0.15, -0.1) is 4.91 Å². The third-order valence-electron chi connectivity index (χ3n) is 0.991. The highest BCUT2D eigenvalue weighted by molar-refractivity contribution is 9.08. The number of carbonyl (C=O) groups excluding carboxylic acids is 2. The standard InChI is InChI=1S/C4H4BrNO2.HNO2/c5-6-3(7)1-2-4(6)8;2-1-3/h1-2H2;(H,2,3). The Bertz CT molecular complexity index is 167. The number of nitrogens with zero attached hydrogens (tertiary/aromatic N) is 2. The van der Waals surface area contributed by atoms with Crippen LogP contribution >= 0.6 is 16.1 Å². The molecule has 7 heteroatoms. The quantitative estimate of drug-likeness (QED) is 0.283. The van der Waals surface area contributed by atoms with Crippen molar-refractivity contribution in [1.29, 1.82) is 0 Å². The van der Waals surface area contributed by atoms with Crippen LogP contribution in [0.1, 0.15) is 12.8 Å². The Morgan fingerprint density at radius 3 is 1.73 bits per heavy atom. The van der Waals surface area contributed by atoms with E-state index in [0.717, 1.165) is 3.93 Å². The van der Waals surface area contributed by atoms with Crippen molar-refractivity contribution < 1.29 is 14.8 Å². The monoisotopic (exact) mass is 224 g/mol. The number of carbonyl (C=O) groups is 2. The summed E-state index contributed by atoms with van der Waals surface area (Å²) in [6.07, 6.45) is 0.703. The molecule has 0 unspecified atom stereocenters. The Morgan fingerprint density at radius 1 is 1.36 bits per heavy atom. The van der Waals surface area contributed by atoms with E-state index in [9.17, 15) is 9.59 Å². The molecule has 0 radical (unpaired) electrons. The summed E-state index contributed by atoms with van der Waals surface area (Å²) in [5.41, 5.74) is 0. The summed E-state index contributed by atoms with van der Waals surface area (Å²) < 4.78 is 0.979. The Hall–Kier alpha value is -0.980. The molecular formula is C4H5BrN2O4. The summed E-state index contributed by atoms with van der Waals surface area (Å²) in [6.45, 7) is 0. The van der Waals surface area contributed by atoms with Gasteiger partial charge in [0.15, 0.2) is 5.34 Å². The molecule has 1 aliphatic heterocycles. The van der Waals surface area contributed by atoms with Crippen LogP contribution in [0.3, 0.4) is 0 Å². The lowest BCUT2D eigenvalue weighted by Gasteiger charge is -1.97. The molecule has 2 amide bonds. The van der Waals surface area contributed by atoms with E-state index in [1.165, 1.54) is 5.34 Å². The second-order valence-corrected chi connectivity index (χ2v) is 2.36. The first-order chi connectivity index (χ1) is 5.13. The molecule has 0 aromatic rings. The van der Waals surface area contributed by atoms with E-state index in [1.807, 2.05) is 0 Å². The van der Waals surface area contributed by atoms with Crippen molar-refractivity contribution in [2.45, 2.75) is 12.8 Å². The maximum absolute atomic E-state index is 10.4. The second-order valence-electron chi connectivity index (χ2n) is 1.65. The molecule has 0 atom stereocenters. The molecule has 1 saturated heterocycles. The van der Waals surface area contributed by atoms with Gasteiger partial charge < -0.3 is 5.21 Å². The fourth-order valence-corrected chi connectivity index (χ4v) is 0.904. The first-order valence-corrected chi connectivity index (χ1v) is 3.32. The fraction of sp³-hybridized carbons (Fsp3) is 0.500. The zero-order chi connectivity index (χ0) is 8.85. The van der Waals surface area contributed by atoms with Crippen molar-refractivity contribution in [3.63, 3.8) is 0 Å². The molecule has 0 spiro atoms. The van der Waals surface area contributed by atoms with E-state index in [2.05, 4.69) is 16.1 Å². The molecule has 0 aliphatic carbocycles. The fourth-order valence-electron chi connectivity index (χ4n) is 0.549. The average molecular weight is 225 g/mol. The summed E-state index contributed by atoms with van der Waals surface area (Å²) in [6, 6.07) is 0. The van der Waals surface area contributed by atoms with Gasteiger partial charge in [0.1, 0.15) is 0 Å². The van der Waals surface area contributed by atoms with E-state index in [0.29, 0.717) is 12.8 Å². The van der Waals surface area contributed by atoms with Gasteiger partial charge >= 0.3 is 0 Å². The minimum Gasteiger partial charge on any atom is -0.379 e. The molecule has 1 heterocycles. The minimum absolute atomic E-state index is 0.144. The lowest BCUT2D eigenvalue weighted by Crippen LogP contribution is -2.16. The van der Waals surface area contributed by atoms with Gasteiger partial charge in [-0.2, -0.15) is 0 Å². The Balaban J connectivity index is 0.000000292. The van der Waals surface area contributed by atoms with Gasteiger partial charge in [0.25, 0.3) is 0 Å². The van der Waals surface area contributed by atoms with E-state index in [1.54, 1.807) is 0 Å². The summed E-state index contributed by atoms with van der Waals surface area (Å²) in [5, 5.41) is 7.89. The van der Waals surface area contributed by atoms with E-state index in [-0.39, 0.29) is 11.8 Å². The van der Waals surface area contributed by atoms with Crippen molar-refractivity contribution in [1.82, 2.24) is 3.93 Å². The summed E-state index contributed by atoms with van der Waals surface area (Å²) >= 11 is 2.80. The molecular weight excluding hydrogens is 220 g/mol. The van der Waals surface area contributed by atoms with Crippen LogP contribution in [0.4, 0.5) is 0 Å². The van der Waals surface area contributed by atoms with Crippen molar-refractivity contribution >= 4 is 28.0 Å². The highest BCUT2D eigenvalue weighted by Gasteiger charge is 2.26. The van der Waals surface area contributed by atoms with Gasteiger partial charge in [-0.05, 0) is 0 Å². The third kappa shape index (κ3) is 3.08. The predicted molar refractivity (Wildman–Crippen MR) is 37.6 cm³/mol. The van der Waals surface area contributed by atoms with Crippen molar-refractivity contribution in [3.8, 4) is 0 Å². The first kappa shape index (κ1) is 10.0. The zero-order valence-corrected chi connectivity index (χ0v) is 6.94. The minimum atomic E-state index is -0.144. The first-order valence-electron chi connectivity index (χ1n) is 2.61. The normalized spacial score (nSPS) is 15.9. The second kappa shape index (κ2) is 4.78. The number of hydrogen-bond acceptors (Lipinski definition) is 4. The van der Waals surface area contributed by atoms with Gasteiger partial charge in [-0.1, -0.05) is 0 Å². The highest BCUT2D eigenvalue weighted by Crippen LogP contribution is 2.14. The number of rotatable bonds is 0. The van der Waals surface area contributed by atoms with E-state index in [4.69, 9.17) is 10.1 Å². The number of halogens is 1. The Kier molecular flexibility index (Phi) is 4.35. The number of imide groups is 1. The maximum atomic E-state index is 10.4. The smallest absolute Gasteiger partial charge is 0.239 e. The van der Waals surface area contributed by atoms with E-state index < -0.39 is 0 Å². The average Bonchev–Trinajstić information content (AvgIpc) is 2.22. The van der Waals surface area contributed by atoms with Crippen LogP contribution in [0.2, 0.25) is 0 Å². The van der Waals surface area contributed by atoms with Crippen LogP contribution in [-0.4, -0.2) is 20.9 Å². The van der Waals surface area contributed by atoms with Gasteiger partial charge in [0, 0.05) is 12.8 Å². The SMILES string of the molecule is O=C1CCC(=O)N1Br.O=NO. The topological polar surface area (TPSA) is 87.0 Å².